The molecule has 3 nitrogen and oxygen atoms in total. The fraction of sp³-hybridized carbons (Fsp3) is 0.533. The third kappa shape index (κ3) is 3.25. The van der Waals surface area contributed by atoms with Crippen molar-refractivity contribution < 1.29 is 4.79 Å². The van der Waals surface area contributed by atoms with E-state index in [4.69, 9.17) is 5.73 Å². The van der Waals surface area contributed by atoms with Crippen molar-refractivity contribution in [2.45, 2.75) is 40.5 Å². The lowest BCUT2D eigenvalue weighted by atomic mass is 9.88. The van der Waals surface area contributed by atoms with E-state index in [1.807, 2.05) is 49.9 Å². The fourth-order valence-corrected chi connectivity index (χ4v) is 1.78. The highest BCUT2D eigenvalue weighted by Crippen LogP contribution is 2.27. The molecule has 0 heterocycles. The van der Waals surface area contributed by atoms with Crippen LogP contribution < -0.4 is 10.6 Å². The van der Waals surface area contributed by atoms with Crippen LogP contribution in [0.25, 0.3) is 0 Å². The number of rotatable bonds is 5. The Hall–Kier alpha value is -1.51. The van der Waals surface area contributed by atoms with Gasteiger partial charge in [-0.15, -0.1) is 0 Å². The number of nitrogens with two attached hydrogens (primary N) is 1. The maximum Gasteiger partial charge on any atom is 0.232 e. The first-order valence-corrected chi connectivity index (χ1v) is 6.60. The van der Waals surface area contributed by atoms with E-state index in [1.54, 1.807) is 0 Å². The van der Waals surface area contributed by atoms with Gasteiger partial charge < -0.3 is 10.6 Å². The molecule has 18 heavy (non-hydrogen) atoms. The van der Waals surface area contributed by atoms with Gasteiger partial charge in [0.15, 0.2) is 0 Å². The Morgan fingerprint density at radius 1 is 1.33 bits per heavy atom. The zero-order valence-corrected chi connectivity index (χ0v) is 11.9. The lowest BCUT2D eigenvalue weighted by Gasteiger charge is -2.31. The second-order valence-electron chi connectivity index (χ2n) is 5.29. The Balaban J connectivity index is 3.07. The molecular formula is C15H24N2O. The van der Waals surface area contributed by atoms with Crippen molar-refractivity contribution in [3.05, 3.63) is 24.3 Å². The zero-order valence-electron chi connectivity index (χ0n) is 11.9. The minimum absolute atomic E-state index is 0.164. The van der Waals surface area contributed by atoms with Crippen molar-refractivity contribution in [2.24, 2.45) is 5.41 Å². The first kappa shape index (κ1) is 14.6. The fourth-order valence-electron chi connectivity index (χ4n) is 1.78. The number of hydrogen-bond acceptors (Lipinski definition) is 2. The number of nitrogens with zero attached hydrogens (tertiary/aromatic N) is 1. The average Bonchev–Trinajstić information content (AvgIpc) is 2.35. The largest absolute Gasteiger partial charge is 0.399 e. The Bertz CT molecular complexity index is 413. The number of benzene rings is 1. The van der Waals surface area contributed by atoms with Gasteiger partial charge >= 0.3 is 0 Å². The first-order chi connectivity index (χ1) is 8.42. The van der Waals surface area contributed by atoms with Gasteiger partial charge in [0.05, 0.1) is 0 Å². The molecule has 100 valence electrons. The molecule has 0 aliphatic carbocycles. The van der Waals surface area contributed by atoms with Gasteiger partial charge in [0, 0.05) is 23.3 Å². The summed E-state index contributed by atoms with van der Waals surface area (Å²) >= 11 is 0. The van der Waals surface area contributed by atoms with E-state index < -0.39 is 0 Å². The summed E-state index contributed by atoms with van der Waals surface area (Å²) in [6.45, 7) is 8.83. The van der Waals surface area contributed by atoms with Gasteiger partial charge in [-0.05, 0) is 31.0 Å². The molecule has 0 saturated heterocycles. The minimum atomic E-state index is -0.334. The molecule has 0 saturated carbocycles. The molecular weight excluding hydrogens is 224 g/mol. The second kappa shape index (κ2) is 5.89. The molecule has 0 bridgehead atoms. The molecule has 0 atom stereocenters. The van der Waals surface area contributed by atoms with Crippen molar-refractivity contribution in [1.82, 2.24) is 0 Å². The summed E-state index contributed by atoms with van der Waals surface area (Å²) in [6.07, 6.45) is 1.76. The minimum Gasteiger partial charge on any atom is -0.399 e. The van der Waals surface area contributed by atoms with E-state index >= 15 is 0 Å². The van der Waals surface area contributed by atoms with Crippen molar-refractivity contribution in [3.63, 3.8) is 0 Å². The van der Waals surface area contributed by atoms with Gasteiger partial charge in [0.1, 0.15) is 0 Å². The Morgan fingerprint density at radius 2 is 2.00 bits per heavy atom. The SMILES string of the molecule is CCCN(C(=O)C(C)(C)CC)c1cccc(N)c1. The van der Waals surface area contributed by atoms with E-state index in [0.29, 0.717) is 5.69 Å². The van der Waals surface area contributed by atoms with Crippen molar-refractivity contribution in [2.75, 3.05) is 17.2 Å². The van der Waals surface area contributed by atoms with E-state index in [2.05, 4.69) is 6.92 Å². The second-order valence-corrected chi connectivity index (χ2v) is 5.29. The summed E-state index contributed by atoms with van der Waals surface area (Å²) in [4.78, 5) is 14.4. The van der Waals surface area contributed by atoms with E-state index in [0.717, 1.165) is 25.1 Å². The monoisotopic (exact) mass is 248 g/mol. The molecule has 0 aliphatic heterocycles. The van der Waals surface area contributed by atoms with Crippen molar-refractivity contribution in [3.8, 4) is 0 Å². The van der Waals surface area contributed by atoms with Crippen LogP contribution in [0.2, 0.25) is 0 Å². The van der Waals surface area contributed by atoms with Gasteiger partial charge in [0.2, 0.25) is 5.91 Å². The summed E-state index contributed by atoms with van der Waals surface area (Å²) < 4.78 is 0. The quantitative estimate of drug-likeness (QED) is 0.811. The standard InChI is InChI=1S/C15H24N2O/c1-5-10-17(14(18)15(3,4)6-2)13-9-7-8-12(16)11-13/h7-9,11H,5-6,10,16H2,1-4H3. The highest BCUT2D eigenvalue weighted by Gasteiger charge is 2.30. The number of hydrogen-bond donors (Lipinski definition) is 1. The van der Waals surface area contributed by atoms with Crippen LogP contribution in [-0.2, 0) is 4.79 Å². The van der Waals surface area contributed by atoms with E-state index in [9.17, 15) is 4.79 Å². The molecule has 0 fully saturated rings. The third-order valence-corrected chi connectivity index (χ3v) is 3.34. The van der Waals surface area contributed by atoms with Crippen LogP contribution in [0.3, 0.4) is 0 Å². The molecule has 0 radical (unpaired) electrons. The Kier molecular flexibility index (Phi) is 4.76. The molecule has 2 N–H and O–H groups in total. The van der Waals surface area contributed by atoms with Gasteiger partial charge in [-0.1, -0.05) is 33.8 Å². The van der Waals surface area contributed by atoms with Crippen LogP contribution >= 0.6 is 0 Å². The summed E-state index contributed by atoms with van der Waals surface area (Å²) in [7, 11) is 0. The van der Waals surface area contributed by atoms with Crippen LogP contribution in [0.5, 0.6) is 0 Å². The van der Waals surface area contributed by atoms with Crippen LogP contribution in [0.1, 0.15) is 40.5 Å². The Morgan fingerprint density at radius 3 is 2.50 bits per heavy atom. The maximum atomic E-state index is 12.6. The lowest BCUT2D eigenvalue weighted by molar-refractivity contribution is -0.126. The number of anilines is 2. The van der Waals surface area contributed by atoms with Crippen LogP contribution in [-0.4, -0.2) is 12.5 Å². The molecule has 1 amide bonds. The smallest absolute Gasteiger partial charge is 0.232 e. The third-order valence-electron chi connectivity index (χ3n) is 3.34. The summed E-state index contributed by atoms with van der Waals surface area (Å²) in [5.74, 6) is 0.164. The molecule has 0 aromatic heterocycles. The number of nitrogen functional groups attached to an aromatic ring is 1. The molecule has 3 heteroatoms. The van der Waals surface area contributed by atoms with Crippen LogP contribution in [0.15, 0.2) is 24.3 Å². The van der Waals surface area contributed by atoms with E-state index in [1.165, 1.54) is 0 Å². The number of carbonyl (C=O) groups excluding carboxylic acids is 1. The first-order valence-electron chi connectivity index (χ1n) is 6.60. The van der Waals surface area contributed by atoms with Gasteiger partial charge in [0.25, 0.3) is 0 Å². The molecule has 0 unspecified atom stereocenters. The van der Waals surface area contributed by atoms with Crippen molar-refractivity contribution >= 4 is 17.3 Å². The topological polar surface area (TPSA) is 46.3 Å². The summed E-state index contributed by atoms with van der Waals surface area (Å²) in [5.41, 5.74) is 7.05. The predicted molar refractivity (Wildman–Crippen MR) is 77.6 cm³/mol. The van der Waals surface area contributed by atoms with Crippen LogP contribution in [0.4, 0.5) is 11.4 Å². The molecule has 1 rings (SSSR count). The van der Waals surface area contributed by atoms with Crippen LogP contribution in [0, 0.1) is 5.41 Å². The molecule has 1 aromatic rings. The van der Waals surface area contributed by atoms with Gasteiger partial charge in [-0.25, -0.2) is 0 Å². The van der Waals surface area contributed by atoms with Gasteiger partial charge in [-0.3, -0.25) is 4.79 Å². The van der Waals surface area contributed by atoms with Gasteiger partial charge in [-0.2, -0.15) is 0 Å². The zero-order chi connectivity index (χ0) is 13.8. The van der Waals surface area contributed by atoms with E-state index in [-0.39, 0.29) is 11.3 Å². The average molecular weight is 248 g/mol. The molecule has 0 spiro atoms. The predicted octanol–water partition coefficient (Wildman–Crippen LogP) is 3.45. The highest BCUT2D eigenvalue weighted by molar-refractivity contribution is 5.97. The molecule has 0 aliphatic rings. The highest BCUT2D eigenvalue weighted by atomic mass is 16.2. The number of carbonyl (C=O) groups is 1. The maximum absolute atomic E-state index is 12.6. The summed E-state index contributed by atoms with van der Waals surface area (Å²) in [5, 5.41) is 0. The van der Waals surface area contributed by atoms with Crippen molar-refractivity contribution in [1.29, 1.82) is 0 Å². The lowest BCUT2D eigenvalue weighted by Crippen LogP contribution is -2.41. The summed E-state index contributed by atoms with van der Waals surface area (Å²) in [6, 6.07) is 7.53. The Labute approximate surface area is 110 Å². The normalized spacial score (nSPS) is 11.3. The number of amides is 1. The molecule has 1 aromatic carbocycles.